The second-order valence-electron chi connectivity index (χ2n) is 31.3. The monoisotopic (exact) mass is 1740 g/mol. The number of morpholine rings is 1. The van der Waals surface area contributed by atoms with Crippen LogP contribution < -0.4 is 39.3 Å². The number of nitrogens with zero attached hydrogens (tertiary/aromatic N) is 14. The van der Waals surface area contributed by atoms with Crippen LogP contribution in [0.2, 0.25) is 5.02 Å². The van der Waals surface area contributed by atoms with Gasteiger partial charge in [-0.15, -0.1) is 0 Å². The molecule has 1 aliphatic heterocycles. The van der Waals surface area contributed by atoms with Crippen LogP contribution in [0.1, 0.15) is 53.1 Å². The number of H-pyrrole nitrogens is 1. The van der Waals surface area contributed by atoms with Crippen molar-refractivity contribution in [1.82, 2.24) is 69.8 Å². The molecule has 8 aromatic heterocycles. The SMILES string of the molecule is CC1CN(c2ncc(N)nc2-c2ccccc2)CC(C)O1.Cc1cc(-c2ncc(N)nc2-c2ccccc2)cc(C)c1O.Cc1cc(-c2ncc(N)nc2-c2ccccc2)cc(C)c1O.Cc1cc(-c2ncc(N)nc2-c2ccccc2)cc(C)n1.Cc1cc(Cl)cc(-c2ncc(N)nc2-c2ccccc2)c1.Nc1cnc(-c2cc(O)c3[nH]ccc3c2)c(-c2ccccc2)n1. The summed E-state index contributed by atoms with van der Waals surface area (Å²) in [7, 11) is 0. The first kappa shape index (κ1) is 89.9. The van der Waals surface area contributed by atoms with Gasteiger partial charge in [-0.3, -0.25) is 29.9 Å². The van der Waals surface area contributed by atoms with Crippen molar-refractivity contribution in [2.75, 3.05) is 52.4 Å². The lowest BCUT2D eigenvalue weighted by atomic mass is 9.99. The van der Waals surface area contributed by atoms with Crippen LogP contribution in [0.5, 0.6) is 17.2 Å². The Labute approximate surface area is 758 Å². The zero-order chi connectivity index (χ0) is 91.6. The van der Waals surface area contributed by atoms with Crippen molar-refractivity contribution in [1.29, 1.82) is 0 Å². The first-order valence-corrected chi connectivity index (χ1v) is 42.2. The third-order valence-corrected chi connectivity index (χ3v) is 21.1. The van der Waals surface area contributed by atoms with Crippen LogP contribution in [-0.2, 0) is 4.74 Å². The summed E-state index contributed by atoms with van der Waals surface area (Å²) in [5.41, 5.74) is 60.6. The van der Waals surface area contributed by atoms with Gasteiger partial charge in [0.05, 0.1) is 112 Å². The van der Waals surface area contributed by atoms with E-state index in [0.29, 0.717) is 68.3 Å². The number of aryl methyl sites for hydroxylation is 7. The van der Waals surface area contributed by atoms with Crippen LogP contribution in [-0.4, -0.2) is 110 Å². The lowest BCUT2D eigenvalue weighted by Gasteiger charge is -2.36. The normalized spacial score (nSPS) is 12.6. The number of nitrogens with two attached hydrogens (primary N) is 6. The fraction of sp³-hybridized carbons (Fsp3) is 0.125. The molecule has 0 bridgehead atoms. The highest BCUT2D eigenvalue weighted by Crippen LogP contribution is 2.40. The lowest BCUT2D eigenvalue weighted by Crippen LogP contribution is -2.46. The second kappa shape index (κ2) is 41.2. The Morgan fingerprint density at radius 3 is 0.923 bits per heavy atom. The van der Waals surface area contributed by atoms with Gasteiger partial charge in [0.2, 0.25) is 0 Å². The fourth-order valence-electron chi connectivity index (χ4n) is 15.1. The molecule has 0 amide bonds. The number of ether oxygens (including phenoxy) is 1. The van der Waals surface area contributed by atoms with E-state index in [-0.39, 0.29) is 18.0 Å². The summed E-state index contributed by atoms with van der Waals surface area (Å²) in [6, 6.07) is 82.3. The first-order chi connectivity index (χ1) is 62.7. The van der Waals surface area contributed by atoms with Gasteiger partial charge in [-0.2, -0.15) is 0 Å². The average molecular weight is 1740 g/mol. The molecule has 25 nitrogen and oxygen atoms in total. The number of nitrogens with one attached hydrogen (secondary N) is 1. The minimum Gasteiger partial charge on any atom is -0.507 e. The summed E-state index contributed by atoms with van der Waals surface area (Å²) in [6.45, 7) is 19.2. The van der Waals surface area contributed by atoms with Gasteiger partial charge in [-0.1, -0.05) is 194 Å². The van der Waals surface area contributed by atoms with Crippen LogP contribution in [0, 0.1) is 48.5 Å². The van der Waals surface area contributed by atoms with E-state index >= 15 is 0 Å². The number of fused-ring (bicyclic) bond motifs is 1. The Bertz CT molecular complexity index is 6610. The molecule has 0 spiro atoms. The van der Waals surface area contributed by atoms with Gasteiger partial charge in [0.1, 0.15) is 57.8 Å². The Morgan fingerprint density at radius 2 is 0.600 bits per heavy atom. The van der Waals surface area contributed by atoms with Crippen LogP contribution >= 0.6 is 11.6 Å². The van der Waals surface area contributed by atoms with Gasteiger partial charge >= 0.3 is 0 Å². The minimum absolute atomic E-state index is 0.178. The maximum atomic E-state index is 10.2. The summed E-state index contributed by atoms with van der Waals surface area (Å²) in [5.74, 6) is 4.06. The molecule has 0 saturated carbocycles. The molecular weight excluding hydrogens is 1640 g/mol. The summed E-state index contributed by atoms with van der Waals surface area (Å²) in [4.78, 5) is 63.3. The van der Waals surface area contributed by atoms with E-state index in [2.05, 4.69) is 88.5 Å². The number of phenolic OH excluding ortho intramolecular Hbond substituents is 3. The summed E-state index contributed by atoms with van der Waals surface area (Å²) >= 11 is 6.16. The highest BCUT2D eigenvalue weighted by Gasteiger charge is 2.27. The van der Waals surface area contributed by atoms with E-state index in [1.807, 2.05) is 297 Å². The van der Waals surface area contributed by atoms with Crippen LogP contribution in [0.15, 0.2) is 298 Å². The van der Waals surface area contributed by atoms with E-state index in [9.17, 15) is 15.3 Å². The third kappa shape index (κ3) is 22.3. The molecular formula is C104H98ClN21O4. The number of aromatic hydroxyl groups is 3. The van der Waals surface area contributed by atoms with Crippen molar-refractivity contribution in [3.63, 3.8) is 0 Å². The number of anilines is 7. The minimum atomic E-state index is 0.178. The maximum Gasteiger partial charge on any atom is 0.155 e. The molecule has 9 heterocycles. The highest BCUT2D eigenvalue weighted by molar-refractivity contribution is 6.31. The molecule has 0 radical (unpaired) electrons. The number of hydrogen-bond donors (Lipinski definition) is 10. The molecule has 0 aliphatic carbocycles. The number of aromatic nitrogens is 14. The number of halogens is 1. The third-order valence-electron chi connectivity index (χ3n) is 20.8. The van der Waals surface area contributed by atoms with Crippen LogP contribution in [0.3, 0.4) is 0 Å². The van der Waals surface area contributed by atoms with Crippen molar-refractivity contribution in [2.45, 2.75) is 74.5 Å². The number of pyridine rings is 1. The summed E-state index contributed by atoms with van der Waals surface area (Å²) in [6.07, 6.45) is 11.6. The number of nitrogen functional groups attached to an aromatic ring is 6. The fourth-order valence-corrected chi connectivity index (χ4v) is 15.4. The quantitative estimate of drug-likeness (QED) is 0.0543. The van der Waals surface area contributed by atoms with Crippen molar-refractivity contribution >= 4 is 63.2 Å². The molecule has 650 valence electrons. The van der Waals surface area contributed by atoms with Crippen molar-refractivity contribution in [3.05, 3.63) is 342 Å². The largest absolute Gasteiger partial charge is 0.507 e. The molecule has 1 fully saturated rings. The molecule has 1 aliphatic rings. The van der Waals surface area contributed by atoms with E-state index in [4.69, 9.17) is 50.7 Å². The molecule has 18 aromatic rings. The van der Waals surface area contributed by atoms with E-state index < -0.39 is 0 Å². The van der Waals surface area contributed by atoms with Gasteiger partial charge in [-0.25, -0.2) is 34.9 Å². The molecule has 1 saturated heterocycles. The maximum absolute atomic E-state index is 10.2. The van der Waals surface area contributed by atoms with Crippen molar-refractivity contribution < 1.29 is 20.1 Å². The van der Waals surface area contributed by atoms with E-state index in [1.54, 1.807) is 43.2 Å². The summed E-state index contributed by atoms with van der Waals surface area (Å²) in [5, 5.41) is 31.7. The van der Waals surface area contributed by atoms with Gasteiger partial charge < -0.3 is 64.3 Å². The van der Waals surface area contributed by atoms with Crippen molar-refractivity contribution in [3.8, 4) is 141 Å². The smallest absolute Gasteiger partial charge is 0.155 e. The molecule has 19 rings (SSSR count). The predicted molar refractivity (Wildman–Crippen MR) is 523 cm³/mol. The molecule has 130 heavy (non-hydrogen) atoms. The number of benzene rings is 10. The Hall–Kier alpha value is -16.4. The molecule has 16 N–H and O–H groups in total. The Balaban J connectivity index is 0.000000126. The first-order valence-electron chi connectivity index (χ1n) is 41.9. The lowest BCUT2D eigenvalue weighted by molar-refractivity contribution is -0.00544. The Kier molecular flexibility index (Phi) is 28.5. The number of aromatic amines is 1. The predicted octanol–water partition coefficient (Wildman–Crippen LogP) is 21.1. The van der Waals surface area contributed by atoms with E-state index in [1.165, 1.54) is 6.20 Å². The number of phenols is 3. The van der Waals surface area contributed by atoms with E-state index in [0.717, 1.165) is 176 Å². The number of rotatable bonds is 12. The van der Waals surface area contributed by atoms with Crippen LogP contribution in [0.25, 0.3) is 135 Å². The zero-order valence-electron chi connectivity index (χ0n) is 73.2. The molecule has 2 unspecified atom stereocenters. The van der Waals surface area contributed by atoms with Gasteiger partial charge in [0, 0.05) is 102 Å². The molecule has 2 atom stereocenters. The van der Waals surface area contributed by atoms with Gasteiger partial charge in [0.15, 0.2) is 5.82 Å². The Morgan fingerprint density at radius 1 is 0.315 bits per heavy atom. The summed E-state index contributed by atoms with van der Waals surface area (Å²) < 4.78 is 5.79. The number of hydrogen-bond acceptors (Lipinski definition) is 24. The van der Waals surface area contributed by atoms with Gasteiger partial charge in [-0.05, 0) is 163 Å². The van der Waals surface area contributed by atoms with Crippen molar-refractivity contribution in [2.24, 2.45) is 0 Å². The second-order valence-corrected chi connectivity index (χ2v) is 31.7. The topological polar surface area (TPSA) is 413 Å². The molecule has 26 heteroatoms. The van der Waals surface area contributed by atoms with Crippen LogP contribution in [0.4, 0.5) is 40.7 Å². The average Bonchev–Trinajstić information content (AvgIpc) is 1.55. The zero-order valence-corrected chi connectivity index (χ0v) is 74.0. The van der Waals surface area contributed by atoms with Gasteiger partial charge in [0.25, 0.3) is 0 Å². The highest BCUT2D eigenvalue weighted by atomic mass is 35.5. The standard InChI is InChI=1S/C18H14N4O.2C18H17N3O.C17H14ClN3.C17H16N4.C16H20N4O/c19-15-10-21-17(18(22-15)11-4-2-1-3-5-11)13-8-12-6-7-20-16(12)14(23)9-13;2*1-11-8-14(9-12(2)18(11)22)16-17(21-15(19)10-20-16)13-6-4-3-5-7-13;1-11-7-13(9-14(18)8-11)16-17(21-15(19)10-20-16)12-5-3-2-4-6-12;1-11-8-14(9-12(2)20-11)16-17(21-15(18)10-19-16)13-6-4-3-5-7-13;1-11-9-20(10-12(2)21-11)16-15(19-14(17)8-18-16)13-6-4-3-5-7-13/h1-10,20,23H,(H2,19,22);2*3-10,22H,1-2H3,(H2,19,21);2-10H,1H3,(H2,19,21);3-10H,1-2H3,(H2,18,21);3-8,11-12H,9-10H2,1-2H3,(H2,17,19). The molecule has 10 aromatic carbocycles.